The van der Waals surface area contributed by atoms with Crippen molar-refractivity contribution in [2.45, 2.75) is 45.6 Å². The fourth-order valence-corrected chi connectivity index (χ4v) is 2.94. The van der Waals surface area contributed by atoms with Gasteiger partial charge in [-0.3, -0.25) is 0 Å². The van der Waals surface area contributed by atoms with Crippen LogP contribution in [0.25, 0.3) is 0 Å². The molecule has 102 valence electrons. The Morgan fingerprint density at radius 1 is 1.37 bits per heavy atom. The molecule has 3 nitrogen and oxygen atoms in total. The number of rotatable bonds is 4. The molecule has 2 N–H and O–H groups in total. The minimum absolute atomic E-state index is 0.607. The maximum atomic E-state index is 8.93. The lowest BCUT2D eigenvalue weighted by Crippen LogP contribution is -2.36. The largest absolute Gasteiger partial charge is 0.397 e. The maximum absolute atomic E-state index is 8.93. The van der Waals surface area contributed by atoms with Gasteiger partial charge in [0.15, 0.2) is 0 Å². The number of nitrogens with zero attached hydrogens (tertiary/aromatic N) is 2. The smallest absolute Gasteiger partial charge is 0.0992 e. The van der Waals surface area contributed by atoms with Crippen molar-refractivity contribution in [3.8, 4) is 6.07 Å². The van der Waals surface area contributed by atoms with Crippen molar-refractivity contribution in [3.05, 3.63) is 23.8 Å². The summed E-state index contributed by atoms with van der Waals surface area (Å²) in [6.45, 7) is 5.50. The molecule has 3 heteroatoms. The molecule has 0 atom stereocenters. The van der Waals surface area contributed by atoms with E-state index in [2.05, 4.69) is 24.8 Å². The SMILES string of the molecule is CC(C)CN(c1ccc(C#N)cc1N)C1CCCC1. The van der Waals surface area contributed by atoms with Crippen LogP contribution in [0.15, 0.2) is 18.2 Å². The fourth-order valence-electron chi connectivity index (χ4n) is 2.94. The lowest BCUT2D eigenvalue weighted by Gasteiger charge is -2.33. The Labute approximate surface area is 116 Å². The van der Waals surface area contributed by atoms with E-state index in [0.29, 0.717) is 17.5 Å². The van der Waals surface area contributed by atoms with E-state index < -0.39 is 0 Å². The van der Waals surface area contributed by atoms with Gasteiger partial charge in [0.05, 0.1) is 23.0 Å². The summed E-state index contributed by atoms with van der Waals surface area (Å²) in [4.78, 5) is 2.45. The molecule has 1 aromatic rings. The zero-order valence-electron chi connectivity index (χ0n) is 11.9. The third kappa shape index (κ3) is 3.20. The zero-order chi connectivity index (χ0) is 13.8. The van der Waals surface area contributed by atoms with Crippen molar-refractivity contribution in [3.63, 3.8) is 0 Å². The van der Waals surface area contributed by atoms with Gasteiger partial charge < -0.3 is 10.6 Å². The van der Waals surface area contributed by atoms with Crippen LogP contribution in [0.5, 0.6) is 0 Å². The summed E-state index contributed by atoms with van der Waals surface area (Å²) in [6.07, 6.45) is 5.14. The normalized spacial score (nSPS) is 15.7. The summed E-state index contributed by atoms with van der Waals surface area (Å²) >= 11 is 0. The average Bonchev–Trinajstić information content (AvgIpc) is 2.89. The minimum atomic E-state index is 0.607. The number of nitrogen functional groups attached to an aromatic ring is 1. The Morgan fingerprint density at radius 3 is 2.58 bits per heavy atom. The van der Waals surface area contributed by atoms with E-state index in [1.165, 1.54) is 25.7 Å². The van der Waals surface area contributed by atoms with Crippen molar-refractivity contribution in [1.82, 2.24) is 0 Å². The highest BCUT2D eigenvalue weighted by molar-refractivity contribution is 5.70. The maximum Gasteiger partial charge on any atom is 0.0992 e. The van der Waals surface area contributed by atoms with Gasteiger partial charge in [-0.05, 0) is 37.0 Å². The lowest BCUT2D eigenvalue weighted by atomic mass is 10.1. The standard InChI is InChI=1S/C16H23N3/c1-12(2)11-19(14-5-3-4-6-14)16-8-7-13(10-17)9-15(16)18/h7-9,12,14H,3-6,11,18H2,1-2H3. The number of anilines is 2. The Bertz CT molecular complexity index is 467. The summed E-state index contributed by atoms with van der Waals surface area (Å²) in [5, 5.41) is 8.93. The van der Waals surface area contributed by atoms with Gasteiger partial charge in [0.1, 0.15) is 0 Å². The summed E-state index contributed by atoms with van der Waals surface area (Å²) in [5.41, 5.74) is 8.61. The first-order valence-electron chi connectivity index (χ1n) is 7.18. The highest BCUT2D eigenvalue weighted by Gasteiger charge is 2.24. The van der Waals surface area contributed by atoms with Crippen LogP contribution in [0, 0.1) is 17.2 Å². The number of nitrogens with two attached hydrogens (primary N) is 1. The van der Waals surface area contributed by atoms with Crippen molar-refractivity contribution in [2.24, 2.45) is 5.92 Å². The van der Waals surface area contributed by atoms with E-state index in [4.69, 9.17) is 11.0 Å². The number of benzene rings is 1. The van der Waals surface area contributed by atoms with E-state index in [1.807, 2.05) is 12.1 Å². The van der Waals surface area contributed by atoms with Crippen LogP contribution in [0.3, 0.4) is 0 Å². The molecule has 1 aromatic carbocycles. The van der Waals surface area contributed by atoms with E-state index in [0.717, 1.165) is 17.9 Å². The molecule has 0 heterocycles. The van der Waals surface area contributed by atoms with Crippen LogP contribution < -0.4 is 10.6 Å². The van der Waals surface area contributed by atoms with Gasteiger partial charge in [-0.15, -0.1) is 0 Å². The van der Waals surface area contributed by atoms with Crippen molar-refractivity contribution >= 4 is 11.4 Å². The van der Waals surface area contributed by atoms with E-state index in [-0.39, 0.29) is 0 Å². The van der Waals surface area contributed by atoms with Crippen LogP contribution >= 0.6 is 0 Å². The zero-order valence-corrected chi connectivity index (χ0v) is 11.9. The van der Waals surface area contributed by atoms with E-state index >= 15 is 0 Å². The predicted octanol–water partition coefficient (Wildman–Crippen LogP) is 3.55. The summed E-state index contributed by atoms with van der Waals surface area (Å²) < 4.78 is 0. The second-order valence-electron chi connectivity index (χ2n) is 5.87. The first kappa shape index (κ1) is 13.7. The number of hydrogen-bond donors (Lipinski definition) is 1. The molecule has 1 fully saturated rings. The highest BCUT2D eigenvalue weighted by Crippen LogP contribution is 2.32. The van der Waals surface area contributed by atoms with Gasteiger partial charge in [0.2, 0.25) is 0 Å². The second-order valence-corrected chi connectivity index (χ2v) is 5.87. The van der Waals surface area contributed by atoms with Crippen molar-refractivity contribution < 1.29 is 0 Å². The second kappa shape index (κ2) is 5.97. The van der Waals surface area contributed by atoms with E-state index in [1.54, 1.807) is 6.07 Å². The van der Waals surface area contributed by atoms with Gasteiger partial charge >= 0.3 is 0 Å². The summed E-state index contributed by atoms with van der Waals surface area (Å²) in [5.74, 6) is 0.607. The molecule has 0 amide bonds. The van der Waals surface area contributed by atoms with Crippen LogP contribution in [0.2, 0.25) is 0 Å². The lowest BCUT2D eigenvalue weighted by molar-refractivity contribution is 0.536. The molecular formula is C16H23N3. The Balaban J connectivity index is 2.29. The molecule has 1 saturated carbocycles. The molecule has 2 rings (SSSR count). The van der Waals surface area contributed by atoms with Gasteiger partial charge in [0.25, 0.3) is 0 Å². The third-order valence-electron chi connectivity index (χ3n) is 3.79. The van der Waals surface area contributed by atoms with Crippen LogP contribution in [-0.4, -0.2) is 12.6 Å². The summed E-state index contributed by atoms with van der Waals surface area (Å²) in [7, 11) is 0. The molecule has 0 unspecified atom stereocenters. The molecule has 0 radical (unpaired) electrons. The topological polar surface area (TPSA) is 53.0 Å². The van der Waals surface area contributed by atoms with Gasteiger partial charge in [-0.25, -0.2) is 0 Å². The monoisotopic (exact) mass is 257 g/mol. The van der Waals surface area contributed by atoms with Gasteiger partial charge in [-0.1, -0.05) is 26.7 Å². The van der Waals surface area contributed by atoms with E-state index in [9.17, 15) is 0 Å². The molecule has 0 aliphatic heterocycles. The minimum Gasteiger partial charge on any atom is -0.397 e. The molecule has 19 heavy (non-hydrogen) atoms. The molecule has 0 bridgehead atoms. The van der Waals surface area contributed by atoms with Crippen LogP contribution in [0.1, 0.15) is 45.1 Å². The van der Waals surface area contributed by atoms with Gasteiger partial charge in [0, 0.05) is 12.6 Å². The Hall–Kier alpha value is -1.69. The van der Waals surface area contributed by atoms with Gasteiger partial charge in [-0.2, -0.15) is 5.26 Å². The van der Waals surface area contributed by atoms with Crippen LogP contribution in [0.4, 0.5) is 11.4 Å². The quantitative estimate of drug-likeness (QED) is 0.839. The fraction of sp³-hybridized carbons (Fsp3) is 0.562. The number of nitriles is 1. The van der Waals surface area contributed by atoms with Crippen LogP contribution in [-0.2, 0) is 0 Å². The predicted molar refractivity (Wildman–Crippen MR) is 80.0 cm³/mol. The van der Waals surface area contributed by atoms with Crippen molar-refractivity contribution in [1.29, 1.82) is 5.26 Å². The Morgan fingerprint density at radius 2 is 2.05 bits per heavy atom. The molecular weight excluding hydrogens is 234 g/mol. The molecule has 0 aromatic heterocycles. The van der Waals surface area contributed by atoms with Crippen molar-refractivity contribution in [2.75, 3.05) is 17.2 Å². The number of hydrogen-bond acceptors (Lipinski definition) is 3. The molecule has 1 aliphatic carbocycles. The molecule has 0 spiro atoms. The molecule has 1 aliphatic rings. The highest BCUT2D eigenvalue weighted by atomic mass is 15.2. The first-order valence-corrected chi connectivity index (χ1v) is 7.18. The molecule has 0 saturated heterocycles. The third-order valence-corrected chi connectivity index (χ3v) is 3.79. The Kier molecular flexibility index (Phi) is 4.31. The first-order chi connectivity index (χ1) is 9.11. The average molecular weight is 257 g/mol. The summed E-state index contributed by atoms with van der Waals surface area (Å²) in [6, 6.07) is 8.42.